The van der Waals surface area contributed by atoms with Crippen molar-refractivity contribution < 1.29 is 32.4 Å². The Labute approximate surface area is 460 Å². The lowest BCUT2D eigenvalue weighted by molar-refractivity contribution is 0.0860. The third-order valence-electron chi connectivity index (χ3n) is 13.9. The van der Waals surface area contributed by atoms with Crippen LogP contribution in [0, 0.1) is 0 Å². The summed E-state index contributed by atoms with van der Waals surface area (Å²) in [5.41, 5.74) is 5.06. The smallest absolute Gasteiger partial charge is 0.357 e. The minimum Gasteiger partial charge on any atom is -0.467 e. The van der Waals surface area contributed by atoms with Gasteiger partial charge in [0.1, 0.15) is 12.9 Å². The molecule has 0 fully saturated rings. The number of hydrogen-bond donors (Lipinski definition) is 1. The second-order valence-electron chi connectivity index (χ2n) is 19.4. The first kappa shape index (κ1) is 59.7. The molecule has 4 aromatic carbocycles. The van der Waals surface area contributed by atoms with Gasteiger partial charge in [0, 0.05) is 83.3 Å². The number of aryl methyl sites for hydroxylation is 3. The second-order valence-corrected chi connectivity index (χ2v) is 27.0. The Hall–Kier alpha value is -6.97. The van der Waals surface area contributed by atoms with Gasteiger partial charge in [-0.25, -0.2) is 15.0 Å². The largest absolute Gasteiger partial charge is 0.467 e. The van der Waals surface area contributed by atoms with Crippen LogP contribution in [-0.2, 0) is 48.6 Å². The molecule has 2 unspecified atom stereocenters. The average Bonchev–Trinajstić information content (AvgIpc) is 3.44. The van der Waals surface area contributed by atoms with Crippen LogP contribution in [-0.4, -0.2) is 106 Å². The molecule has 0 saturated carbocycles. The summed E-state index contributed by atoms with van der Waals surface area (Å²) in [5.74, 6) is 1.58. The zero-order chi connectivity index (χ0) is 55.9. The van der Waals surface area contributed by atoms with Crippen molar-refractivity contribution in [1.82, 2.24) is 28.7 Å². The topological polar surface area (TPSA) is 214 Å². The van der Waals surface area contributed by atoms with Crippen LogP contribution in [0.15, 0.2) is 158 Å². The molecule has 2 atom stereocenters. The number of para-hydroxylation sites is 6. The number of hydrogen-bond acceptors (Lipinski definition) is 15. The molecule has 0 amide bonds. The van der Waals surface area contributed by atoms with Gasteiger partial charge in [-0.05, 0) is 81.2 Å². The maximum absolute atomic E-state index is 12.8. The molecule has 418 valence electrons. The van der Waals surface area contributed by atoms with Crippen LogP contribution >= 0.6 is 22.1 Å². The van der Waals surface area contributed by atoms with Crippen LogP contribution < -0.4 is 31.4 Å². The van der Waals surface area contributed by atoms with E-state index in [1.54, 1.807) is 65.8 Å². The van der Waals surface area contributed by atoms with Crippen molar-refractivity contribution in [3.05, 3.63) is 181 Å². The molecule has 3 aliphatic rings. The lowest BCUT2D eigenvalue weighted by Gasteiger charge is -2.29. The molecule has 0 saturated heterocycles. The van der Waals surface area contributed by atoms with Gasteiger partial charge in [-0.3, -0.25) is 28.0 Å². The quantitative estimate of drug-likeness (QED) is 0.0646. The predicted molar refractivity (Wildman–Crippen MR) is 319 cm³/mol. The Morgan fingerprint density at radius 3 is 1.29 bits per heavy atom. The number of ether oxygens (including phenoxy) is 1. The molecule has 0 spiro atoms. The summed E-state index contributed by atoms with van der Waals surface area (Å²) in [5, 5.41) is 2.15. The summed E-state index contributed by atoms with van der Waals surface area (Å²) in [6.07, 6.45) is 7.13. The first-order chi connectivity index (χ1) is 37.2. The average molecular weight is 1130 g/mol. The summed E-state index contributed by atoms with van der Waals surface area (Å²) >= 11 is 0. The number of nitrogens with zero attached hydrogens (tertiary/aromatic N) is 9. The van der Waals surface area contributed by atoms with E-state index in [9.17, 15) is 33.0 Å². The predicted octanol–water partition coefficient (Wildman–Crippen LogP) is 10.1. The maximum atomic E-state index is 12.8. The van der Waals surface area contributed by atoms with Gasteiger partial charge in [0.05, 0.1) is 39.7 Å². The van der Waals surface area contributed by atoms with Gasteiger partial charge < -0.3 is 47.1 Å². The molecule has 7 aromatic rings. The van der Waals surface area contributed by atoms with Gasteiger partial charge >= 0.3 is 7.60 Å². The molecule has 19 nitrogen and oxygen atoms in total. The lowest BCUT2D eigenvalue weighted by Crippen LogP contribution is -2.36. The van der Waals surface area contributed by atoms with Crippen LogP contribution in [0.3, 0.4) is 0 Å². The van der Waals surface area contributed by atoms with Gasteiger partial charge in [-0.1, -0.05) is 99.0 Å². The van der Waals surface area contributed by atoms with E-state index in [-0.39, 0.29) is 37.1 Å². The van der Waals surface area contributed by atoms with Crippen LogP contribution in [0.1, 0.15) is 39.2 Å². The minimum atomic E-state index is -4.03. The van der Waals surface area contributed by atoms with E-state index in [4.69, 9.17) is 13.8 Å². The number of rotatable bonds is 13. The van der Waals surface area contributed by atoms with Gasteiger partial charge in [0.2, 0.25) is 7.37 Å². The zero-order valence-corrected chi connectivity index (χ0v) is 47.7. The van der Waals surface area contributed by atoms with E-state index in [2.05, 4.69) is 21.5 Å². The highest BCUT2D eigenvalue weighted by Gasteiger charge is 2.31. The first-order valence-electron chi connectivity index (χ1n) is 25.5. The second kappa shape index (κ2) is 25.4. The fourth-order valence-electron chi connectivity index (χ4n) is 9.36. The summed E-state index contributed by atoms with van der Waals surface area (Å²) in [4.78, 5) is 67.6. The first-order valence-corrected chi connectivity index (χ1v) is 31.8. The Morgan fingerprint density at radius 2 is 0.924 bits per heavy atom. The number of aromatic nitrogens is 6. The van der Waals surface area contributed by atoms with E-state index < -0.39 is 28.9 Å². The Kier molecular flexibility index (Phi) is 19.2. The van der Waals surface area contributed by atoms with Crippen LogP contribution in [0.25, 0.3) is 38.9 Å². The van der Waals surface area contributed by atoms with Crippen molar-refractivity contribution in [3.63, 3.8) is 0 Å². The molecule has 22 heteroatoms. The van der Waals surface area contributed by atoms with Crippen molar-refractivity contribution in [3.8, 4) is 0 Å². The molecule has 79 heavy (non-hydrogen) atoms. The summed E-state index contributed by atoms with van der Waals surface area (Å²) < 4.78 is 58.1. The molecule has 0 bridgehead atoms. The van der Waals surface area contributed by atoms with E-state index in [0.717, 1.165) is 50.2 Å². The third-order valence-corrected chi connectivity index (χ3v) is 19.4. The molecule has 1 N–H and O–H groups in total. The van der Waals surface area contributed by atoms with Gasteiger partial charge in [-0.2, -0.15) is 0 Å². The molecule has 0 aliphatic carbocycles. The molecule has 10 rings (SSSR count). The van der Waals surface area contributed by atoms with Gasteiger partial charge in [0.15, 0.2) is 24.2 Å². The normalized spacial score (nSPS) is 16.2. The Morgan fingerprint density at radius 1 is 0.557 bits per heavy atom. The summed E-state index contributed by atoms with van der Waals surface area (Å²) in [6.45, 7) is 14.0. The number of benzene rings is 4. The van der Waals surface area contributed by atoms with Crippen LogP contribution in [0.5, 0.6) is 0 Å². The maximum Gasteiger partial charge on any atom is 0.357 e. The van der Waals surface area contributed by atoms with Crippen LogP contribution in [0.4, 0.5) is 17.5 Å². The Bertz CT molecular complexity index is 3830. The van der Waals surface area contributed by atoms with E-state index >= 15 is 0 Å². The number of fused-ring (bicyclic) bond motifs is 3. The molecular weight excluding hydrogens is 1060 g/mol. The summed E-state index contributed by atoms with van der Waals surface area (Å²) in [6, 6.07) is 31.8. The van der Waals surface area contributed by atoms with Gasteiger partial charge in [-0.15, -0.1) is 0 Å². The number of anilines is 3. The van der Waals surface area contributed by atoms with E-state index in [0.29, 0.717) is 79.8 Å². The standard InChI is InChI=1S/C23H24N3O5P.C17H22N3O3P.C16H20N3O2P.CH4/c1-17(18-8-4-3-5-9-18)30-16-31-32(28,29)19-12-14-26(15-13-19)22-23(27)25(2)21-11-7-6-10-20(21)24-22;1-4-23-24(3,22)13-9-11-20(12-10-13)16-17(21)19(2)15-8-6-5-7-14(15)18-16;1-18-14-7-5-4-6-13(14)17-15(16(18)20)19-10-8-12(9-11-19)22(2,3)21;/h3-12H,1,13-16H2,2H3,(H,28,29);5-9H,4,10-12H2,1-3H3;4-8H,9-11H2,1-3H3;1H4. The third kappa shape index (κ3) is 13.7. The molecular formula is C57H70N9O10P3. The molecule has 0 radical (unpaired) electrons. The SMILES string of the molecule is C.C=C(OCOP(=O)(O)C1=CCN(c2nc3ccccc3n(C)c2=O)CC1)c1ccccc1.CCOP(C)(=O)C1=CCN(c2nc3ccccc3n(C)c2=O)CC1.Cn1c(=O)c(N2CC=C(P(C)(C)=O)CC2)nc2ccccc21. The molecule has 3 aliphatic heterocycles. The Balaban J connectivity index is 0.000000174. The molecule has 6 heterocycles. The highest BCUT2D eigenvalue weighted by Crippen LogP contribution is 2.54. The van der Waals surface area contributed by atoms with Crippen molar-refractivity contribution in [1.29, 1.82) is 0 Å². The van der Waals surface area contributed by atoms with Crippen molar-refractivity contribution in [2.45, 2.75) is 33.6 Å². The fourth-order valence-corrected chi connectivity index (χ4v) is 13.2. The summed E-state index contributed by atoms with van der Waals surface area (Å²) in [7, 11) is -3.69. The fraction of sp³-hybridized carbons (Fsp3) is 0.333. The highest BCUT2D eigenvalue weighted by molar-refractivity contribution is 7.66. The minimum absolute atomic E-state index is 0. The van der Waals surface area contributed by atoms with Crippen molar-refractivity contribution in [2.75, 3.05) is 87.4 Å². The van der Waals surface area contributed by atoms with E-state index in [1.807, 2.05) is 132 Å². The monoisotopic (exact) mass is 1130 g/mol. The zero-order valence-electron chi connectivity index (χ0n) is 45.0. The van der Waals surface area contributed by atoms with Gasteiger partial charge in [0.25, 0.3) is 16.7 Å². The van der Waals surface area contributed by atoms with Crippen LogP contribution in [0.2, 0.25) is 0 Å². The van der Waals surface area contributed by atoms with E-state index in [1.165, 1.54) is 0 Å². The van der Waals surface area contributed by atoms with Crippen molar-refractivity contribution in [2.24, 2.45) is 21.1 Å². The van der Waals surface area contributed by atoms with Crippen molar-refractivity contribution >= 4 is 78.4 Å². The highest BCUT2D eigenvalue weighted by atomic mass is 31.2. The molecule has 3 aromatic heterocycles. The lowest BCUT2D eigenvalue weighted by atomic mass is 10.2.